The van der Waals surface area contributed by atoms with Crippen molar-refractivity contribution in [2.24, 2.45) is 11.8 Å². The van der Waals surface area contributed by atoms with Crippen LogP contribution in [0, 0.1) is 11.8 Å². The molecule has 2 atom stereocenters. The lowest BCUT2D eigenvalue weighted by Gasteiger charge is -2.38. The van der Waals surface area contributed by atoms with Crippen LogP contribution in [0.5, 0.6) is 0 Å². The number of amides is 2. The first-order chi connectivity index (χ1) is 12.4. The van der Waals surface area contributed by atoms with Crippen molar-refractivity contribution in [3.63, 3.8) is 0 Å². The van der Waals surface area contributed by atoms with Crippen molar-refractivity contribution in [1.29, 1.82) is 0 Å². The van der Waals surface area contributed by atoms with Crippen LogP contribution in [-0.4, -0.2) is 77.3 Å². The number of piperazine rings is 1. The minimum absolute atomic E-state index is 0.0999. The molecule has 2 aliphatic heterocycles. The third-order valence-corrected chi connectivity index (χ3v) is 5.42. The monoisotopic (exact) mass is 378 g/mol. The Labute approximate surface area is 160 Å². The van der Waals surface area contributed by atoms with E-state index in [1.807, 2.05) is 4.90 Å². The van der Waals surface area contributed by atoms with E-state index in [0.29, 0.717) is 55.3 Å². The molecule has 0 saturated carbocycles. The highest BCUT2D eigenvalue weighted by molar-refractivity contribution is 6.30. The van der Waals surface area contributed by atoms with Crippen molar-refractivity contribution < 1.29 is 9.59 Å². The van der Waals surface area contributed by atoms with Crippen molar-refractivity contribution in [1.82, 2.24) is 19.7 Å². The lowest BCUT2D eigenvalue weighted by atomic mass is 9.92. The number of hydrogen-bond acceptors (Lipinski definition) is 4. The normalized spacial score (nSPS) is 24.6. The van der Waals surface area contributed by atoms with Gasteiger partial charge in [-0.2, -0.15) is 0 Å². The zero-order valence-corrected chi connectivity index (χ0v) is 16.3. The number of hydrogen-bond donors (Lipinski definition) is 0. The lowest BCUT2D eigenvalue weighted by molar-refractivity contribution is -0.135. The van der Waals surface area contributed by atoms with Crippen LogP contribution in [0.15, 0.2) is 18.3 Å². The SMILES string of the molecule is CC1CC(C)CN(C(=O)CN2CCN(C(=O)c3cc(Cl)ccn3)CC2)C1. The molecule has 0 spiro atoms. The molecule has 0 aliphatic carbocycles. The van der Waals surface area contributed by atoms with Gasteiger partial charge in [0, 0.05) is 50.5 Å². The third-order valence-electron chi connectivity index (χ3n) is 5.18. The zero-order chi connectivity index (χ0) is 18.7. The van der Waals surface area contributed by atoms with Gasteiger partial charge in [0.15, 0.2) is 0 Å². The van der Waals surface area contributed by atoms with Gasteiger partial charge in [0.25, 0.3) is 5.91 Å². The molecule has 3 heterocycles. The largest absolute Gasteiger partial charge is 0.341 e. The van der Waals surface area contributed by atoms with Gasteiger partial charge >= 0.3 is 0 Å². The quantitative estimate of drug-likeness (QED) is 0.807. The van der Waals surface area contributed by atoms with Gasteiger partial charge in [-0.3, -0.25) is 19.5 Å². The van der Waals surface area contributed by atoms with Crippen LogP contribution in [0.1, 0.15) is 30.8 Å². The molecule has 26 heavy (non-hydrogen) atoms. The van der Waals surface area contributed by atoms with E-state index in [4.69, 9.17) is 11.6 Å². The van der Waals surface area contributed by atoms with Crippen LogP contribution in [0.4, 0.5) is 0 Å². The summed E-state index contributed by atoms with van der Waals surface area (Å²) in [6, 6.07) is 3.25. The smallest absolute Gasteiger partial charge is 0.272 e. The topological polar surface area (TPSA) is 56.8 Å². The second-order valence-electron chi connectivity index (χ2n) is 7.67. The second kappa shape index (κ2) is 8.35. The molecule has 2 aliphatic rings. The maximum Gasteiger partial charge on any atom is 0.272 e. The van der Waals surface area contributed by atoms with Gasteiger partial charge in [0.2, 0.25) is 5.91 Å². The molecule has 6 nitrogen and oxygen atoms in total. The molecule has 0 radical (unpaired) electrons. The molecule has 3 rings (SSSR count). The van der Waals surface area contributed by atoms with Gasteiger partial charge in [-0.15, -0.1) is 0 Å². The number of rotatable bonds is 3. The Balaban J connectivity index is 1.49. The van der Waals surface area contributed by atoms with Gasteiger partial charge in [0.05, 0.1) is 6.54 Å². The van der Waals surface area contributed by atoms with Crippen LogP contribution in [0.25, 0.3) is 0 Å². The number of carbonyl (C=O) groups is 2. The molecule has 1 aromatic heterocycles. The lowest BCUT2D eigenvalue weighted by Crippen LogP contribution is -2.53. The van der Waals surface area contributed by atoms with Crippen LogP contribution >= 0.6 is 11.6 Å². The Hall–Kier alpha value is -1.66. The van der Waals surface area contributed by atoms with Gasteiger partial charge in [-0.1, -0.05) is 25.4 Å². The van der Waals surface area contributed by atoms with Crippen LogP contribution in [0.2, 0.25) is 5.02 Å². The van der Waals surface area contributed by atoms with E-state index in [1.54, 1.807) is 23.2 Å². The molecule has 1 aromatic rings. The highest BCUT2D eigenvalue weighted by atomic mass is 35.5. The third kappa shape index (κ3) is 4.74. The number of piperidine rings is 1. The molecule has 0 N–H and O–H groups in total. The summed E-state index contributed by atoms with van der Waals surface area (Å²) < 4.78 is 0. The number of aromatic nitrogens is 1. The standard InChI is InChI=1S/C19H27ClN4O2/c1-14-9-15(2)12-24(11-14)18(25)13-22-5-7-23(8-6-22)19(26)17-10-16(20)3-4-21-17/h3-4,10,14-15H,5-9,11-13H2,1-2H3. The number of halogens is 1. The summed E-state index contributed by atoms with van der Waals surface area (Å²) in [5.74, 6) is 1.25. The Kier molecular flexibility index (Phi) is 6.14. The van der Waals surface area contributed by atoms with Crippen LogP contribution < -0.4 is 0 Å². The van der Waals surface area contributed by atoms with Crippen LogP contribution in [-0.2, 0) is 4.79 Å². The number of nitrogens with zero attached hydrogens (tertiary/aromatic N) is 4. The number of likely N-dealkylation sites (tertiary alicyclic amines) is 1. The first kappa shape index (κ1) is 19.1. The first-order valence-electron chi connectivity index (χ1n) is 9.33. The predicted octanol–water partition coefficient (Wildman–Crippen LogP) is 2.00. The number of pyridine rings is 1. The molecule has 0 bridgehead atoms. The fourth-order valence-electron chi connectivity index (χ4n) is 3.95. The van der Waals surface area contributed by atoms with Gasteiger partial charge < -0.3 is 9.80 Å². The van der Waals surface area contributed by atoms with Crippen molar-refractivity contribution >= 4 is 23.4 Å². The predicted molar refractivity (Wildman–Crippen MR) is 101 cm³/mol. The average Bonchev–Trinajstić information content (AvgIpc) is 2.61. The summed E-state index contributed by atoms with van der Waals surface area (Å²) in [6.07, 6.45) is 2.74. The summed E-state index contributed by atoms with van der Waals surface area (Å²) >= 11 is 5.94. The maximum atomic E-state index is 12.6. The Morgan fingerprint density at radius 1 is 1.12 bits per heavy atom. The molecular weight excluding hydrogens is 352 g/mol. The molecule has 2 fully saturated rings. The van der Waals surface area contributed by atoms with E-state index in [1.165, 1.54) is 6.42 Å². The molecule has 2 amide bonds. The summed E-state index contributed by atoms with van der Waals surface area (Å²) in [6.45, 7) is 9.21. The van der Waals surface area contributed by atoms with Crippen molar-refractivity contribution in [3.05, 3.63) is 29.0 Å². The first-order valence-corrected chi connectivity index (χ1v) is 9.71. The fourth-order valence-corrected chi connectivity index (χ4v) is 4.11. The Morgan fingerprint density at radius 2 is 1.77 bits per heavy atom. The van der Waals surface area contributed by atoms with E-state index in [-0.39, 0.29) is 11.8 Å². The molecule has 7 heteroatoms. The highest BCUT2D eigenvalue weighted by Crippen LogP contribution is 2.21. The Morgan fingerprint density at radius 3 is 2.38 bits per heavy atom. The molecule has 0 aromatic carbocycles. The van der Waals surface area contributed by atoms with Gasteiger partial charge in [0.1, 0.15) is 5.69 Å². The minimum Gasteiger partial charge on any atom is -0.341 e. The fraction of sp³-hybridized carbons (Fsp3) is 0.632. The summed E-state index contributed by atoms with van der Waals surface area (Å²) in [4.78, 5) is 35.2. The summed E-state index contributed by atoms with van der Waals surface area (Å²) in [5.41, 5.74) is 0.373. The molecule has 2 saturated heterocycles. The minimum atomic E-state index is -0.0999. The molecular formula is C19H27ClN4O2. The van der Waals surface area contributed by atoms with E-state index in [0.717, 1.165) is 13.1 Å². The summed E-state index contributed by atoms with van der Waals surface area (Å²) in [7, 11) is 0. The highest BCUT2D eigenvalue weighted by Gasteiger charge is 2.28. The van der Waals surface area contributed by atoms with Crippen molar-refractivity contribution in [2.45, 2.75) is 20.3 Å². The van der Waals surface area contributed by atoms with E-state index < -0.39 is 0 Å². The Bertz CT molecular complexity index is 651. The average molecular weight is 379 g/mol. The number of carbonyl (C=O) groups excluding carboxylic acids is 2. The molecule has 2 unspecified atom stereocenters. The zero-order valence-electron chi connectivity index (χ0n) is 15.5. The maximum absolute atomic E-state index is 12.6. The van der Waals surface area contributed by atoms with Gasteiger partial charge in [-0.05, 0) is 30.4 Å². The van der Waals surface area contributed by atoms with E-state index >= 15 is 0 Å². The van der Waals surface area contributed by atoms with E-state index in [9.17, 15) is 9.59 Å². The summed E-state index contributed by atoms with van der Waals surface area (Å²) in [5, 5.41) is 0.512. The van der Waals surface area contributed by atoms with Crippen molar-refractivity contribution in [2.75, 3.05) is 45.8 Å². The van der Waals surface area contributed by atoms with Gasteiger partial charge in [-0.25, -0.2) is 0 Å². The van der Waals surface area contributed by atoms with Crippen molar-refractivity contribution in [3.8, 4) is 0 Å². The van der Waals surface area contributed by atoms with E-state index in [2.05, 4.69) is 23.7 Å². The molecule has 142 valence electrons. The van der Waals surface area contributed by atoms with Crippen LogP contribution in [0.3, 0.4) is 0 Å². The second-order valence-corrected chi connectivity index (χ2v) is 8.11.